The SMILES string of the molecule is O=C1CCC(C(=O)N(Cc2ccccc2)C(Cc2ccccc2)C(=O)C(=O)NCc2ccccn2)N1. The minimum atomic E-state index is -1.05. The van der Waals surface area contributed by atoms with Crippen LogP contribution < -0.4 is 10.6 Å². The minimum absolute atomic E-state index is 0.0920. The summed E-state index contributed by atoms with van der Waals surface area (Å²) in [5, 5.41) is 5.34. The average molecular weight is 485 g/mol. The summed E-state index contributed by atoms with van der Waals surface area (Å²) in [6.07, 6.45) is 2.37. The third-order valence-corrected chi connectivity index (χ3v) is 6.10. The van der Waals surface area contributed by atoms with E-state index >= 15 is 0 Å². The summed E-state index contributed by atoms with van der Waals surface area (Å²) in [6, 6.07) is 22.1. The number of rotatable bonds is 10. The molecule has 1 saturated heterocycles. The first-order chi connectivity index (χ1) is 17.5. The third kappa shape index (κ3) is 6.41. The second-order valence-corrected chi connectivity index (χ2v) is 8.68. The van der Waals surface area contributed by atoms with Crippen LogP contribution in [0.4, 0.5) is 0 Å². The molecule has 36 heavy (non-hydrogen) atoms. The molecule has 0 bridgehead atoms. The molecule has 0 aliphatic carbocycles. The summed E-state index contributed by atoms with van der Waals surface area (Å²) in [6.45, 7) is 0.220. The van der Waals surface area contributed by atoms with Crippen molar-refractivity contribution in [2.45, 2.75) is 44.4 Å². The largest absolute Gasteiger partial charge is 0.344 e. The van der Waals surface area contributed by atoms with E-state index in [1.165, 1.54) is 4.90 Å². The molecule has 8 nitrogen and oxygen atoms in total. The van der Waals surface area contributed by atoms with Gasteiger partial charge in [-0.25, -0.2) is 0 Å². The number of nitrogens with one attached hydrogen (secondary N) is 2. The van der Waals surface area contributed by atoms with Gasteiger partial charge in [0.05, 0.1) is 12.2 Å². The number of amides is 3. The summed E-state index contributed by atoms with van der Waals surface area (Å²) in [7, 11) is 0. The van der Waals surface area contributed by atoms with Gasteiger partial charge in [-0.15, -0.1) is 0 Å². The number of aromatic nitrogens is 1. The maximum Gasteiger partial charge on any atom is 0.289 e. The van der Waals surface area contributed by atoms with E-state index in [0.29, 0.717) is 12.1 Å². The Kier molecular flexibility index (Phi) is 8.18. The molecule has 1 aliphatic rings. The van der Waals surface area contributed by atoms with E-state index < -0.39 is 23.8 Å². The Hall–Kier alpha value is -4.33. The molecular formula is C28H28N4O4. The van der Waals surface area contributed by atoms with Gasteiger partial charge >= 0.3 is 0 Å². The lowest BCUT2D eigenvalue weighted by molar-refractivity contribution is -0.147. The second kappa shape index (κ2) is 11.9. The van der Waals surface area contributed by atoms with Gasteiger partial charge in [-0.05, 0) is 29.7 Å². The zero-order valence-corrected chi connectivity index (χ0v) is 19.8. The third-order valence-electron chi connectivity index (χ3n) is 6.10. The molecule has 2 heterocycles. The molecule has 4 rings (SSSR count). The van der Waals surface area contributed by atoms with Crippen LogP contribution in [-0.2, 0) is 38.7 Å². The first-order valence-electron chi connectivity index (χ1n) is 11.9. The number of Topliss-reactive ketones (excluding diaryl/α,β-unsaturated/α-hetero) is 1. The van der Waals surface area contributed by atoms with Crippen molar-refractivity contribution in [2.24, 2.45) is 0 Å². The Labute approximate surface area is 209 Å². The van der Waals surface area contributed by atoms with Crippen LogP contribution in [-0.4, -0.2) is 45.5 Å². The van der Waals surface area contributed by atoms with Crippen LogP contribution in [0, 0.1) is 0 Å². The van der Waals surface area contributed by atoms with E-state index in [-0.39, 0.29) is 37.7 Å². The van der Waals surface area contributed by atoms with Crippen molar-refractivity contribution < 1.29 is 19.2 Å². The van der Waals surface area contributed by atoms with Crippen molar-refractivity contribution in [3.05, 3.63) is 102 Å². The fourth-order valence-electron chi connectivity index (χ4n) is 4.22. The predicted molar refractivity (Wildman–Crippen MR) is 133 cm³/mol. The van der Waals surface area contributed by atoms with E-state index in [1.807, 2.05) is 60.7 Å². The summed E-state index contributed by atoms with van der Waals surface area (Å²) in [5.74, 6) is -2.09. The molecule has 0 radical (unpaired) electrons. The van der Waals surface area contributed by atoms with Gasteiger partial charge in [0.2, 0.25) is 17.6 Å². The normalized spacial score (nSPS) is 15.6. The summed E-state index contributed by atoms with van der Waals surface area (Å²) in [4.78, 5) is 57.7. The highest BCUT2D eigenvalue weighted by Crippen LogP contribution is 2.19. The van der Waals surface area contributed by atoms with E-state index in [0.717, 1.165) is 11.1 Å². The Bertz CT molecular complexity index is 1200. The lowest BCUT2D eigenvalue weighted by atomic mass is 9.98. The lowest BCUT2D eigenvalue weighted by Gasteiger charge is -2.32. The Morgan fingerprint density at radius 2 is 1.61 bits per heavy atom. The standard InChI is InChI=1S/C28H28N4O4/c33-25-15-14-23(31-25)28(36)32(19-21-11-5-2-6-12-21)24(17-20-9-3-1-4-10-20)26(34)27(35)30-18-22-13-7-8-16-29-22/h1-13,16,23-24H,14-15,17-19H2,(H,30,35)(H,31,33). The second-order valence-electron chi connectivity index (χ2n) is 8.68. The average Bonchev–Trinajstić information content (AvgIpc) is 3.36. The summed E-state index contributed by atoms with van der Waals surface area (Å²) in [5.41, 5.74) is 2.24. The topological polar surface area (TPSA) is 108 Å². The molecule has 8 heteroatoms. The first-order valence-corrected chi connectivity index (χ1v) is 11.9. The Morgan fingerprint density at radius 3 is 2.22 bits per heavy atom. The zero-order chi connectivity index (χ0) is 25.3. The zero-order valence-electron chi connectivity index (χ0n) is 19.8. The van der Waals surface area contributed by atoms with Crippen molar-refractivity contribution in [3.8, 4) is 0 Å². The smallest absolute Gasteiger partial charge is 0.289 e. The van der Waals surface area contributed by atoms with Crippen molar-refractivity contribution in [1.82, 2.24) is 20.5 Å². The molecule has 2 atom stereocenters. The first kappa shape index (κ1) is 24.8. The van der Waals surface area contributed by atoms with Gasteiger partial charge in [0.25, 0.3) is 5.91 Å². The molecule has 2 aromatic carbocycles. The molecule has 2 N–H and O–H groups in total. The van der Waals surface area contributed by atoms with Gasteiger partial charge in [-0.3, -0.25) is 24.2 Å². The number of nitrogens with zero attached hydrogens (tertiary/aromatic N) is 2. The number of hydrogen-bond donors (Lipinski definition) is 2. The van der Waals surface area contributed by atoms with Crippen molar-refractivity contribution >= 4 is 23.5 Å². The van der Waals surface area contributed by atoms with Gasteiger partial charge in [-0.1, -0.05) is 66.7 Å². The molecule has 2 unspecified atom stereocenters. The van der Waals surface area contributed by atoms with Crippen LogP contribution in [0.15, 0.2) is 85.1 Å². The van der Waals surface area contributed by atoms with Crippen molar-refractivity contribution in [3.63, 3.8) is 0 Å². The highest BCUT2D eigenvalue weighted by atomic mass is 16.2. The molecule has 0 spiro atoms. The highest BCUT2D eigenvalue weighted by Gasteiger charge is 2.38. The maximum absolute atomic E-state index is 13.7. The molecule has 1 fully saturated rings. The van der Waals surface area contributed by atoms with E-state index in [1.54, 1.807) is 24.4 Å². The molecule has 3 aromatic rings. The molecular weight excluding hydrogens is 456 g/mol. The van der Waals surface area contributed by atoms with Crippen molar-refractivity contribution in [1.29, 1.82) is 0 Å². The predicted octanol–water partition coefficient (Wildman–Crippen LogP) is 2.19. The molecule has 184 valence electrons. The fraction of sp³-hybridized carbons (Fsp3) is 0.250. The van der Waals surface area contributed by atoms with Gasteiger partial charge in [-0.2, -0.15) is 0 Å². The van der Waals surface area contributed by atoms with Crippen LogP contribution in [0.5, 0.6) is 0 Å². The van der Waals surface area contributed by atoms with E-state index in [4.69, 9.17) is 0 Å². The molecule has 0 saturated carbocycles. The van der Waals surface area contributed by atoms with Gasteiger partial charge in [0, 0.05) is 25.6 Å². The van der Waals surface area contributed by atoms with Crippen LogP contribution >= 0.6 is 0 Å². The van der Waals surface area contributed by atoms with E-state index in [2.05, 4.69) is 15.6 Å². The van der Waals surface area contributed by atoms with Gasteiger partial charge in [0.15, 0.2) is 0 Å². The quantitative estimate of drug-likeness (QED) is 0.429. The van der Waals surface area contributed by atoms with Crippen LogP contribution in [0.1, 0.15) is 29.7 Å². The van der Waals surface area contributed by atoms with Crippen LogP contribution in [0.3, 0.4) is 0 Å². The Balaban J connectivity index is 1.63. The number of carbonyl (C=O) groups is 4. The highest BCUT2D eigenvalue weighted by molar-refractivity contribution is 6.38. The van der Waals surface area contributed by atoms with Gasteiger partial charge in [0.1, 0.15) is 12.1 Å². The molecule has 3 amide bonds. The monoisotopic (exact) mass is 484 g/mol. The van der Waals surface area contributed by atoms with Crippen molar-refractivity contribution in [2.75, 3.05) is 0 Å². The maximum atomic E-state index is 13.7. The summed E-state index contributed by atoms with van der Waals surface area (Å²) >= 11 is 0. The number of pyridine rings is 1. The molecule has 1 aliphatic heterocycles. The number of hydrogen-bond acceptors (Lipinski definition) is 5. The van der Waals surface area contributed by atoms with E-state index in [9.17, 15) is 19.2 Å². The summed E-state index contributed by atoms with van der Waals surface area (Å²) < 4.78 is 0. The van der Waals surface area contributed by atoms with Gasteiger partial charge < -0.3 is 15.5 Å². The fourth-order valence-corrected chi connectivity index (χ4v) is 4.22. The van der Waals surface area contributed by atoms with Crippen LogP contribution in [0.2, 0.25) is 0 Å². The van der Waals surface area contributed by atoms with Crippen LogP contribution in [0.25, 0.3) is 0 Å². The minimum Gasteiger partial charge on any atom is -0.344 e. The molecule has 1 aromatic heterocycles. The Morgan fingerprint density at radius 1 is 0.944 bits per heavy atom. The number of carbonyl (C=O) groups excluding carboxylic acids is 4. The number of ketones is 1. The lowest BCUT2D eigenvalue weighted by Crippen LogP contribution is -2.54. The number of benzene rings is 2.